The number of hydrogen-bond donors (Lipinski definition) is 3. The quantitative estimate of drug-likeness (QED) is 0.544. The molecule has 0 amide bonds. The van der Waals surface area contributed by atoms with E-state index in [1.807, 2.05) is 0 Å². The second kappa shape index (κ2) is 8.51. The van der Waals surface area contributed by atoms with E-state index < -0.39 is 41.8 Å². The fourth-order valence-electron chi connectivity index (χ4n) is 4.64. The lowest BCUT2D eigenvalue weighted by Crippen LogP contribution is -2.35. The van der Waals surface area contributed by atoms with E-state index in [2.05, 4.69) is 15.3 Å². The molecule has 0 radical (unpaired) electrons. The fourth-order valence-corrected chi connectivity index (χ4v) is 4.64. The van der Waals surface area contributed by atoms with Crippen molar-refractivity contribution in [1.82, 2.24) is 19.9 Å². The molecule has 1 fully saturated rings. The van der Waals surface area contributed by atoms with Crippen molar-refractivity contribution < 1.29 is 28.1 Å². The lowest BCUT2D eigenvalue weighted by molar-refractivity contribution is -0.0167. The fraction of sp³-hybridized carbons (Fsp3) is 0.429. The zero-order chi connectivity index (χ0) is 21.9. The molecule has 172 valence electrons. The van der Waals surface area contributed by atoms with E-state index in [1.54, 1.807) is 6.92 Å². The average molecular weight is 471 g/mol. The van der Waals surface area contributed by atoms with E-state index in [0.29, 0.717) is 36.4 Å². The third-order valence-electron chi connectivity index (χ3n) is 6.23. The van der Waals surface area contributed by atoms with E-state index in [4.69, 9.17) is 4.74 Å². The Hall–Kier alpha value is -2.40. The first kappa shape index (κ1) is 22.8. The molecule has 32 heavy (non-hydrogen) atoms. The number of aromatic nitrogens is 3. The van der Waals surface area contributed by atoms with Gasteiger partial charge in [0.15, 0.2) is 17.5 Å². The molecular weight excluding hydrogens is 449 g/mol. The molecule has 2 aromatic heterocycles. The Bertz CT molecular complexity index is 1180. The van der Waals surface area contributed by atoms with Crippen molar-refractivity contribution in [3.63, 3.8) is 0 Å². The van der Waals surface area contributed by atoms with Crippen LogP contribution in [0.3, 0.4) is 0 Å². The van der Waals surface area contributed by atoms with Crippen molar-refractivity contribution in [2.45, 2.75) is 50.7 Å². The van der Waals surface area contributed by atoms with Gasteiger partial charge in [-0.15, -0.1) is 12.4 Å². The molecular formula is C21H22ClF3N4O3. The number of nitrogens with zero attached hydrogens (tertiary/aromatic N) is 3. The van der Waals surface area contributed by atoms with Gasteiger partial charge in [-0.25, -0.2) is 23.1 Å². The lowest BCUT2D eigenvalue weighted by atomic mass is 9.99. The number of benzene rings is 1. The minimum atomic E-state index is -1.31. The number of aliphatic hydroxyl groups is 2. The number of aryl methyl sites for hydroxylation is 1. The van der Waals surface area contributed by atoms with Crippen LogP contribution in [-0.2, 0) is 13.0 Å². The highest BCUT2D eigenvalue weighted by Crippen LogP contribution is 2.38. The van der Waals surface area contributed by atoms with Crippen LogP contribution in [0.1, 0.15) is 29.3 Å². The van der Waals surface area contributed by atoms with Crippen LogP contribution < -0.4 is 10.1 Å². The van der Waals surface area contributed by atoms with E-state index in [1.165, 1.54) is 17.1 Å². The Labute approximate surface area is 187 Å². The van der Waals surface area contributed by atoms with Gasteiger partial charge in [0.05, 0.1) is 17.1 Å². The van der Waals surface area contributed by atoms with Gasteiger partial charge in [-0.1, -0.05) is 0 Å². The van der Waals surface area contributed by atoms with Crippen molar-refractivity contribution in [2.75, 3.05) is 6.54 Å². The zero-order valence-electron chi connectivity index (χ0n) is 17.1. The van der Waals surface area contributed by atoms with Gasteiger partial charge in [-0.3, -0.25) is 0 Å². The number of halogens is 4. The molecule has 11 heteroatoms. The summed E-state index contributed by atoms with van der Waals surface area (Å²) < 4.78 is 50.2. The molecule has 1 aromatic carbocycles. The predicted octanol–water partition coefficient (Wildman–Crippen LogP) is 2.34. The Kier molecular flexibility index (Phi) is 6.06. The molecule has 0 bridgehead atoms. The maximum Gasteiger partial charge on any atom is 0.162 e. The van der Waals surface area contributed by atoms with Crippen LogP contribution >= 0.6 is 12.4 Å². The smallest absolute Gasteiger partial charge is 0.162 e. The average Bonchev–Trinajstić information content (AvgIpc) is 3.24. The van der Waals surface area contributed by atoms with Crippen LogP contribution in [0.15, 0.2) is 18.6 Å². The van der Waals surface area contributed by atoms with Crippen molar-refractivity contribution in [3.05, 3.63) is 52.9 Å². The van der Waals surface area contributed by atoms with E-state index in [0.717, 1.165) is 6.07 Å². The highest BCUT2D eigenvalue weighted by atomic mass is 35.5. The van der Waals surface area contributed by atoms with Crippen LogP contribution in [0, 0.1) is 24.4 Å². The second-order valence-corrected chi connectivity index (χ2v) is 8.04. The monoisotopic (exact) mass is 470 g/mol. The number of hydrogen-bond acceptors (Lipinski definition) is 6. The number of ether oxygens (including phenoxy) is 1. The summed E-state index contributed by atoms with van der Waals surface area (Å²) in [7, 11) is 0. The Balaban J connectivity index is 0.00000245. The minimum absolute atomic E-state index is 0. The normalized spacial score (nSPS) is 24.9. The highest BCUT2D eigenvalue weighted by molar-refractivity contribution is 5.85. The molecule has 1 aliphatic heterocycles. The summed E-state index contributed by atoms with van der Waals surface area (Å²) in [5.74, 6) is -2.32. The molecule has 0 spiro atoms. The number of nitrogens with one attached hydrogen (secondary N) is 1. The molecule has 5 rings (SSSR count). The van der Waals surface area contributed by atoms with E-state index >= 15 is 0 Å². The molecule has 7 nitrogen and oxygen atoms in total. The van der Waals surface area contributed by atoms with E-state index in [-0.39, 0.29) is 35.5 Å². The van der Waals surface area contributed by atoms with Crippen molar-refractivity contribution in [3.8, 4) is 5.75 Å². The summed E-state index contributed by atoms with van der Waals surface area (Å²) in [6, 6.07) is 0.245. The van der Waals surface area contributed by atoms with Gasteiger partial charge in [0.25, 0.3) is 0 Å². The Morgan fingerprint density at radius 2 is 1.91 bits per heavy atom. The SMILES string of the molecule is Cc1ncnc2c1c(F)cn2[C@@H]1C[C@H](Oc2cc(F)c(F)c3c2CNCC3)[C@@H](O)[C@H]1O.Cl. The van der Waals surface area contributed by atoms with Gasteiger partial charge in [0.2, 0.25) is 0 Å². The van der Waals surface area contributed by atoms with Gasteiger partial charge in [-0.2, -0.15) is 0 Å². The molecule has 1 aliphatic carbocycles. The summed E-state index contributed by atoms with van der Waals surface area (Å²) >= 11 is 0. The van der Waals surface area contributed by atoms with Gasteiger partial charge < -0.3 is 24.8 Å². The van der Waals surface area contributed by atoms with E-state index in [9.17, 15) is 23.4 Å². The number of rotatable bonds is 3. The molecule has 0 unspecified atom stereocenters. The number of fused-ring (bicyclic) bond motifs is 2. The summed E-state index contributed by atoms with van der Waals surface area (Å²) in [6.45, 7) is 2.48. The summed E-state index contributed by atoms with van der Waals surface area (Å²) in [4.78, 5) is 8.13. The molecule has 3 heterocycles. The third-order valence-corrected chi connectivity index (χ3v) is 6.23. The molecule has 4 atom stereocenters. The summed E-state index contributed by atoms with van der Waals surface area (Å²) in [6.07, 6.45) is -0.516. The van der Waals surface area contributed by atoms with Gasteiger partial charge in [0.1, 0.15) is 36.0 Å². The van der Waals surface area contributed by atoms with Crippen LogP contribution in [0.5, 0.6) is 5.75 Å². The topological polar surface area (TPSA) is 92.4 Å². The minimum Gasteiger partial charge on any atom is -0.487 e. The molecule has 2 aliphatic rings. The first-order chi connectivity index (χ1) is 14.9. The largest absolute Gasteiger partial charge is 0.487 e. The Morgan fingerprint density at radius 1 is 1.12 bits per heavy atom. The van der Waals surface area contributed by atoms with Crippen LogP contribution in [0.25, 0.3) is 11.0 Å². The lowest BCUT2D eigenvalue weighted by Gasteiger charge is -2.25. The first-order valence-electron chi connectivity index (χ1n) is 10.1. The standard InChI is InChI=1S/C21H21F3N4O3.ClH/c1-9-17-13(23)7-28(21(17)27-8-26-9)14-5-16(20(30)19(14)29)31-15-4-12(22)18(24)10-2-3-25-6-11(10)15;/h4,7-8,14,16,19-20,25,29-30H,2-3,5-6H2,1H3;1H/t14-,16+,19+,20-;/m1./s1. The molecule has 3 N–H and O–H groups in total. The third kappa shape index (κ3) is 3.51. The predicted molar refractivity (Wildman–Crippen MR) is 111 cm³/mol. The van der Waals surface area contributed by atoms with Crippen LogP contribution in [-0.4, -0.2) is 49.6 Å². The Morgan fingerprint density at radius 3 is 2.69 bits per heavy atom. The molecule has 1 saturated carbocycles. The highest BCUT2D eigenvalue weighted by Gasteiger charge is 2.45. The number of aliphatic hydroxyl groups excluding tert-OH is 2. The maximum absolute atomic E-state index is 14.5. The zero-order valence-corrected chi connectivity index (χ0v) is 17.9. The van der Waals surface area contributed by atoms with Gasteiger partial charge in [-0.05, 0) is 19.9 Å². The summed E-state index contributed by atoms with van der Waals surface area (Å²) in [5.41, 5.74) is 1.51. The second-order valence-electron chi connectivity index (χ2n) is 8.04. The van der Waals surface area contributed by atoms with Gasteiger partial charge in [0, 0.05) is 36.4 Å². The van der Waals surface area contributed by atoms with Crippen LogP contribution in [0.2, 0.25) is 0 Å². The van der Waals surface area contributed by atoms with Crippen LogP contribution in [0.4, 0.5) is 13.2 Å². The molecule has 0 saturated heterocycles. The summed E-state index contributed by atoms with van der Waals surface area (Å²) in [5, 5.41) is 24.6. The van der Waals surface area contributed by atoms with Crippen molar-refractivity contribution in [1.29, 1.82) is 0 Å². The maximum atomic E-state index is 14.5. The van der Waals surface area contributed by atoms with Crippen molar-refractivity contribution in [2.24, 2.45) is 0 Å². The van der Waals surface area contributed by atoms with Gasteiger partial charge >= 0.3 is 0 Å². The van der Waals surface area contributed by atoms with Crippen molar-refractivity contribution >= 4 is 23.4 Å². The first-order valence-corrected chi connectivity index (χ1v) is 10.1. The molecule has 3 aromatic rings.